The smallest absolute Gasteiger partial charge is 0.390 e. The molecule has 0 aliphatic carbocycles. The van der Waals surface area contributed by atoms with Gasteiger partial charge in [0, 0.05) is 12.6 Å². The van der Waals surface area contributed by atoms with Crippen LogP contribution < -0.4 is 0 Å². The summed E-state index contributed by atoms with van der Waals surface area (Å²) < 4.78 is 37.7. The van der Waals surface area contributed by atoms with Gasteiger partial charge in [0.15, 0.2) is 0 Å². The molecule has 0 saturated heterocycles. The molecule has 1 aromatic heterocycles. The Morgan fingerprint density at radius 1 is 1.16 bits per heavy atom. The van der Waals surface area contributed by atoms with E-state index in [1.165, 1.54) is 12.3 Å². The normalized spacial score (nSPS) is 11.6. The number of halogens is 3. The van der Waals surface area contributed by atoms with Crippen molar-refractivity contribution in [2.45, 2.75) is 19.2 Å². The van der Waals surface area contributed by atoms with Crippen LogP contribution in [0.5, 0.6) is 0 Å². The second-order valence-electron chi connectivity index (χ2n) is 4.00. The fourth-order valence-electron chi connectivity index (χ4n) is 1.65. The van der Waals surface area contributed by atoms with Crippen molar-refractivity contribution >= 4 is 0 Å². The van der Waals surface area contributed by atoms with Crippen LogP contribution in [0.4, 0.5) is 13.2 Å². The SMILES string of the molecule is OCc1ccnc(Cc2cccc(C(F)(F)F)c2)n1. The predicted molar refractivity (Wildman–Crippen MR) is 62.2 cm³/mol. The summed E-state index contributed by atoms with van der Waals surface area (Å²) in [6.45, 7) is -0.224. The molecule has 6 heteroatoms. The minimum atomic E-state index is -4.36. The molecular formula is C13H11F3N2O. The summed E-state index contributed by atoms with van der Waals surface area (Å²) in [4.78, 5) is 8.01. The molecule has 0 spiro atoms. The molecule has 2 rings (SSSR count). The van der Waals surface area contributed by atoms with Crippen LogP contribution in [0.3, 0.4) is 0 Å². The van der Waals surface area contributed by atoms with E-state index in [1.807, 2.05) is 0 Å². The van der Waals surface area contributed by atoms with Gasteiger partial charge in [-0.05, 0) is 17.7 Å². The minimum absolute atomic E-state index is 0.192. The largest absolute Gasteiger partial charge is 0.416 e. The van der Waals surface area contributed by atoms with Gasteiger partial charge in [0.05, 0.1) is 17.9 Å². The number of rotatable bonds is 3. The zero-order valence-corrected chi connectivity index (χ0v) is 9.85. The van der Waals surface area contributed by atoms with Gasteiger partial charge in [-0.1, -0.05) is 18.2 Å². The van der Waals surface area contributed by atoms with Crippen molar-refractivity contribution in [2.75, 3.05) is 0 Å². The summed E-state index contributed by atoms with van der Waals surface area (Å²) in [5.74, 6) is 0.380. The minimum Gasteiger partial charge on any atom is -0.390 e. The topological polar surface area (TPSA) is 46.0 Å². The van der Waals surface area contributed by atoms with Gasteiger partial charge in [0.1, 0.15) is 5.82 Å². The molecule has 0 amide bonds. The highest BCUT2D eigenvalue weighted by Gasteiger charge is 2.30. The molecule has 0 bridgehead atoms. The first-order valence-electron chi connectivity index (χ1n) is 5.57. The molecule has 3 nitrogen and oxygen atoms in total. The van der Waals surface area contributed by atoms with Crippen LogP contribution in [0.2, 0.25) is 0 Å². The van der Waals surface area contributed by atoms with Crippen molar-refractivity contribution in [2.24, 2.45) is 0 Å². The van der Waals surface area contributed by atoms with Crippen LogP contribution in [0.25, 0.3) is 0 Å². The summed E-state index contributed by atoms with van der Waals surface area (Å²) in [5.41, 5.74) is 0.227. The lowest BCUT2D eigenvalue weighted by Crippen LogP contribution is -2.06. The van der Waals surface area contributed by atoms with Crippen LogP contribution >= 0.6 is 0 Å². The zero-order valence-electron chi connectivity index (χ0n) is 9.85. The van der Waals surface area contributed by atoms with Gasteiger partial charge in [-0.3, -0.25) is 0 Å². The highest BCUT2D eigenvalue weighted by Crippen LogP contribution is 2.29. The highest BCUT2D eigenvalue weighted by atomic mass is 19.4. The lowest BCUT2D eigenvalue weighted by molar-refractivity contribution is -0.137. The molecule has 0 atom stereocenters. The highest BCUT2D eigenvalue weighted by molar-refractivity contribution is 5.27. The van der Waals surface area contributed by atoms with Crippen molar-refractivity contribution in [3.8, 4) is 0 Å². The Bertz CT molecular complexity index is 570. The van der Waals surface area contributed by atoms with E-state index >= 15 is 0 Å². The molecule has 1 heterocycles. The summed E-state index contributed by atoms with van der Waals surface area (Å²) in [6.07, 6.45) is -2.69. The second kappa shape index (κ2) is 5.36. The van der Waals surface area contributed by atoms with Crippen LogP contribution in [-0.2, 0) is 19.2 Å². The van der Waals surface area contributed by atoms with Crippen molar-refractivity contribution in [3.05, 3.63) is 59.2 Å². The predicted octanol–water partition coefficient (Wildman–Crippen LogP) is 2.58. The Morgan fingerprint density at radius 2 is 1.95 bits per heavy atom. The van der Waals surface area contributed by atoms with E-state index in [4.69, 9.17) is 5.11 Å². The number of aliphatic hydroxyl groups is 1. The van der Waals surface area contributed by atoms with Crippen molar-refractivity contribution in [3.63, 3.8) is 0 Å². The van der Waals surface area contributed by atoms with E-state index in [-0.39, 0.29) is 13.0 Å². The third-order valence-electron chi connectivity index (χ3n) is 2.54. The third-order valence-corrected chi connectivity index (χ3v) is 2.54. The quantitative estimate of drug-likeness (QED) is 0.930. The molecule has 0 aliphatic heterocycles. The molecule has 0 fully saturated rings. The Kier molecular flexibility index (Phi) is 3.80. The first kappa shape index (κ1) is 13.5. The number of benzene rings is 1. The van der Waals surface area contributed by atoms with E-state index in [0.717, 1.165) is 12.1 Å². The first-order chi connectivity index (χ1) is 8.99. The lowest BCUT2D eigenvalue weighted by Gasteiger charge is -2.08. The maximum absolute atomic E-state index is 12.6. The summed E-state index contributed by atoms with van der Waals surface area (Å²) >= 11 is 0. The van der Waals surface area contributed by atoms with E-state index in [0.29, 0.717) is 17.1 Å². The first-order valence-corrected chi connectivity index (χ1v) is 5.57. The van der Waals surface area contributed by atoms with E-state index in [9.17, 15) is 13.2 Å². The number of hydrogen-bond acceptors (Lipinski definition) is 3. The monoisotopic (exact) mass is 268 g/mol. The zero-order chi connectivity index (χ0) is 13.9. The Labute approximate surface area is 107 Å². The van der Waals surface area contributed by atoms with Crippen molar-refractivity contribution in [1.82, 2.24) is 9.97 Å². The van der Waals surface area contributed by atoms with Gasteiger partial charge in [-0.15, -0.1) is 0 Å². The lowest BCUT2D eigenvalue weighted by atomic mass is 10.1. The molecule has 1 aromatic carbocycles. The average molecular weight is 268 g/mol. The van der Waals surface area contributed by atoms with E-state index < -0.39 is 11.7 Å². The number of aromatic nitrogens is 2. The van der Waals surface area contributed by atoms with Gasteiger partial charge >= 0.3 is 6.18 Å². The summed E-state index contributed by atoms with van der Waals surface area (Å²) in [7, 11) is 0. The summed E-state index contributed by atoms with van der Waals surface area (Å²) in [5, 5.41) is 8.94. The van der Waals surface area contributed by atoms with E-state index in [1.54, 1.807) is 12.1 Å². The Morgan fingerprint density at radius 3 is 2.63 bits per heavy atom. The number of alkyl halides is 3. The fourth-order valence-corrected chi connectivity index (χ4v) is 1.65. The summed E-state index contributed by atoms with van der Waals surface area (Å²) in [6, 6.07) is 6.59. The maximum Gasteiger partial charge on any atom is 0.416 e. The fraction of sp³-hybridized carbons (Fsp3) is 0.231. The molecule has 19 heavy (non-hydrogen) atoms. The Balaban J connectivity index is 2.23. The number of hydrogen-bond donors (Lipinski definition) is 1. The maximum atomic E-state index is 12.6. The van der Waals surface area contributed by atoms with Crippen molar-refractivity contribution in [1.29, 1.82) is 0 Å². The standard InChI is InChI=1S/C13H11F3N2O/c14-13(15,16)10-3-1-2-9(6-10)7-12-17-5-4-11(8-19)18-12/h1-6,19H,7-8H2. The van der Waals surface area contributed by atoms with Gasteiger partial charge in [0.25, 0.3) is 0 Å². The van der Waals surface area contributed by atoms with Crippen LogP contribution in [0.1, 0.15) is 22.6 Å². The Hall–Kier alpha value is -1.95. The molecule has 0 aliphatic rings. The second-order valence-corrected chi connectivity index (χ2v) is 4.00. The van der Waals surface area contributed by atoms with Gasteiger partial charge in [0.2, 0.25) is 0 Å². The van der Waals surface area contributed by atoms with Crippen molar-refractivity contribution < 1.29 is 18.3 Å². The molecule has 1 N–H and O–H groups in total. The molecular weight excluding hydrogens is 257 g/mol. The van der Waals surface area contributed by atoms with Gasteiger partial charge in [-0.25, -0.2) is 9.97 Å². The molecule has 0 unspecified atom stereocenters. The van der Waals surface area contributed by atoms with Gasteiger partial charge < -0.3 is 5.11 Å². The average Bonchev–Trinajstić information content (AvgIpc) is 2.38. The molecule has 2 aromatic rings. The molecule has 0 radical (unpaired) electrons. The molecule has 100 valence electrons. The van der Waals surface area contributed by atoms with Gasteiger partial charge in [-0.2, -0.15) is 13.2 Å². The number of nitrogens with zero attached hydrogens (tertiary/aromatic N) is 2. The molecule has 0 saturated carbocycles. The van der Waals surface area contributed by atoms with Crippen LogP contribution in [0, 0.1) is 0 Å². The van der Waals surface area contributed by atoms with Crippen LogP contribution in [0.15, 0.2) is 36.5 Å². The van der Waals surface area contributed by atoms with Crippen LogP contribution in [-0.4, -0.2) is 15.1 Å². The number of aliphatic hydroxyl groups excluding tert-OH is 1. The van der Waals surface area contributed by atoms with E-state index in [2.05, 4.69) is 9.97 Å². The third kappa shape index (κ3) is 3.51.